The molecule has 2 aromatic carbocycles. The third-order valence-corrected chi connectivity index (χ3v) is 5.85. The van der Waals surface area contributed by atoms with Gasteiger partial charge >= 0.3 is 12.0 Å². The molecule has 1 aliphatic heterocycles. The highest BCUT2D eigenvalue weighted by molar-refractivity contribution is 6.39. The minimum atomic E-state index is -0.704. The van der Waals surface area contributed by atoms with Crippen LogP contribution in [0.3, 0.4) is 0 Å². The molecule has 1 aromatic heterocycles. The number of benzene rings is 2. The van der Waals surface area contributed by atoms with Gasteiger partial charge in [0.25, 0.3) is 11.8 Å². The number of amides is 4. The van der Waals surface area contributed by atoms with Crippen molar-refractivity contribution in [2.24, 2.45) is 0 Å². The van der Waals surface area contributed by atoms with E-state index in [1.165, 1.54) is 13.1 Å². The minimum Gasteiger partial charge on any atom is -0.462 e. The van der Waals surface area contributed by atoms with Crippen molar-refractivity contribution >= 4 is 35.6 Å². The monoisotopic (exact) mass is 471 g/mol. The molecule has 0 unspecified atom stereocenters. The van der Waals surface area contributed by atoms with Crippen LogP contribution in [0.2, 0.25) is 0 Å². The third-order valence-electron chi connectivity index (χ3n) is 5.85. The quantitative estimate of drug-likeness (QED) is 0.315. The number of anilines is 1. The van der Waals surface area contributed by atoms with E-state index < -0.39 is 23.8 Å². The van der Waals surface area contributed by atoms with E-state index in [4.69, 9.17) is 4.74 Å². The van der Waals surface area contributed by atoms with E-state index in [9.17, 15) is 19.2 Å². The third kappa shape index (κ3) is 4.26. The lowest BCUT2D eigenvalue weighted by Crippen LogP contribution is -2.55. The van der Waals surface area contributed by atoms with Gasteiger partial charge in [-0.1, -0.05) is 24.3 Å². The molecular weight excluding hydrogens is 446 g/mol. The number of ether oxygens (including phenoxy) is 1. The lowest BCUT2D eigenvalue weighted by molar-refractivity contribution is -0.128. The van der Waals surface area contributed by atoms with E-state index >= 15 is 0 Å². The van der Waals surface area contributed by atoms with Crippen LogP contribution in [0, 0.1) is 13.8 Å². The first-order chi connectivity index (χ1) is 16.7. The zero-order chi connectivity index (χ0) is 25.3. The molecule has 0 bridgehead atoms. The Hall–Kier alpha value is -4.46. The summed E-state index contributed by atoms with van der Waals surface area (Å²) in [6, 6.07) is 16.7. The summed E-state index contributed by atoms with van der Waals surface area (Å²) in [6.07, 6.45) is 1.51. The molecule has 1 saturated heterocycles. The number of carbonyl (C=O) groups is 4. The number of hydrogen-bond acceptors (Lipinski definition) is 5. The molecular formula is C27H25N3O5. The molecule has 0 aliphatic carbocycles. The van der Waals surface area contributed by atoms with E-state index in [1.54, 1.807) is 55.5 Å². The second-order valence-electron chi connectivity index (χ2n) is 8.11. The van der Waals surface area contributed by atoms with Gasteiger partial charge in [0.2, 0.25) is 0 Å². The summed E-state index contributed by atoms with van der Waals surface area (Å²) >= 11 is 0. The first-order valence-electron chi connectivity index (χ1n) is 11.1. The van der Waals surface area contributed by atoms with Gasteiger partial charge in [-0.3, -0.25) is 14.5 Å². The molecule has 1 fully saturated rings. The summed E-state index contributed by atoms with van der Waals surface area (Å²) in [5, 5.41) is 0. The van der Waals surface area contributed by atoms with Gasteiger partial charge < -0.3 is 9.30 Å². The maximum absolute atomic E-state index is 13.3. The summed E-state index contributed by atoms with van der Waals surface area (Å²) in [6.45, 7) is 5.78. The van der Waals surface area contributed by atoms with Crippen LogP contribution >= 0.6 is 0 Å². The van der Waals surface area contributed by atoms with Crippen molar-refractivity contribution in [1.82, 2.24) is 9.47 Å². The van der Waals surface area contributed by atoms with E-state index in [0.29, 0.717) is 16.8 Å². The van der Waals surface area contributed by atoms with Crippen LogP contribution in [0.15, 0.2) is 66.2 Å². The fourth-order valence-corrected chi connectivity index (χ4v) is 4.12. The predicted octanol–water partition coefficient (Wildman–Crippen LogP) is 4.28. The Morgan fingerprint density at radius 3 is 2.29 bits per heavy atom. The Morgan fingerprint density at radius 1 is 0.914 bits per heavy atom. The molecule has 8 nitrogen and oxygen atoms in total. The highest BCUT2D eigenvalue weighted by Crippen LogP contribution is 2.28. The smallest absolute Gasteiger partial charge is 0.338 e. The second kappa shape index (κ2) is 9.42. The molecule has 8 heteroatoms. The lowest BCUT2D eigenvalue weighted by Gasteiger charge is -2.31. The van der Waals surface area contributed by atoms with Crippen molar-refractivity contribution in [3.05, 3.63) is 88.8 Å². The number of nitrogens with zero attached hydrogens (tertiary/aromatic N) is 3. The number of para-hydroxylation sites is 1. The zero-order valence-electron chi connectivity index (χ0n) is 19.9. The number of barbiturate groups is 1. The fourth-order valence-electron chi connectivity index (χ4n) is 4.12. The molecule has 1 aliphatic rings. The van der Waals surface area contributed by atoms with Gasteiger partial charge in [-0.2, -0.15) is 0 Å². The first kappa shape index (κ1) is 23.7. The lowest BCUT2D eigenvalue weighted by atomic mass is 10.1. The Bertz CT molecular complexity index is 1370. The SMILES string of the molecule is CCOC(=O)c1cccc(-n2c(C)cc(/C=C3\C(=O)N(C)C(=O)N(c4ccccc4)C3=O)c2C)c1. The number of likely N-dealkylation sites (N-methyl/N-ethyl adjacent to an activating group) is 1. The number of aromatic nitrogens is 1. The standard InChI is InChI=1S/C27H25N3O5/c1-5-35-26(33)19-10-9-13-22(15-19)29-17(2)14-20(18(29)3)16-23-24(31)28(4)27(34)30(25(23)32)21-11-7-6-8-12-21/h6-16H,5H2,1-4H3/b23-16+. The van der Waals surface area contributed by atoms with Crippen molar-refractivity contribution in [2.45, 2.75) is 20.8 Å². The first-order valence-corrected chi connectivity index (χ1v) is 11.1. The largest absolute Gasteiger partial charge is 0.462 e. The van der Waals surface area contributed by atoms with Crippen LogP contribution in [0.25, 0.3) is 11.8 Å². The molecule has 2 heterocycles. The average molecular weight is 472 g/mol. The van der Waals surface area contributed by atoms with Crippen molar-refractivity contribution in [3.8, 4) is 5.69 Å². The Kier molecular flexibility index (Phi) is 6.38. The molecule has 0 spiro atoms. The summed E-state index contributed by atoms with van der Waals surface area (Å²) < 4.78 is 7.03. The predicted molar refractivity (Wildman–Crippen MR) is 131 cm³/mol. The molecule has 4 rings (SSSR count). The summed E-state index contributed by atoms with van der Waals surface area (Å²) in [7, 11) is 1.35. The van der Waals surface area contributed by atoms with E-state index in [2.05, 4.69) is 0 Å². The van der Waals surface area contributed by atoms with Crippen LogP contribution in [-0.4, -0.2) is 46.9 Å². The van der Waals surface area contributed by atoms with Crippen molar-refractivity contribution < 1.29 is 23.9 Å². The van der Waals surface area contributed by atoms with Crippen LogP contribution in [0.4, 0.5) is 10.5 Å². The molecule has 35 heavy (non-hydrogen) atoms. The average Bonchev–Trinajstić information content (AvgIpc) is 3.14. The summed E-state index contributed by atoms with van der Waals surface area (Å²) in [5.74, 6) is -1.76. The molecule has 0 radical (unpaired) electrons. The Morgan fingerprint density at radius 2 is 1.60 bits per heavy atom. The van der Waals surface area contributed by atoms with Crippen molar-refractivity contribution in [3.63, 3.8) is 0 Å². The number of urea groups is 1. The van der Waals surface area contributed by atoms with E-state index in [-0.39, 0.29) is 12.2 Å². The maximum Gasteiger partial charge on any atom is 0.338 e. The highest BCUT2D eigenvalue weighted by Gasteiger charge is 2.41. The van der Waals surface area contributed by atoms with Gasteiger partial charge in [0.1, 0.15) is 5.57 Å². The molecule has 4 amide bonds. The van der Waals surface area contributed by atoms with E-state index in [0.717, 1.165) is 26.9 Å². The van der Waals surface area contributed by atoms with E-state index in [1.807, 2.05) is 30.5 Å². The maximum atomic E-state index is 13.3. The molecule has 0 atom stereocenters. The molecule has 3 aromatic rings. The number of carbonyl (C=O) groups excluding carboxylic acids is 4. The van der Waals surface area contributed by atoms with Crippen LogP contribution in [-0.2, 0) is 14.3 Å². The van der Waals surface area contributed by atoms with Gasteiger partial charge in [-0.05, 0) is 68.8 Å². The zero-order valence-corrected chi connectivity index (χ0v) is 19.9. The fraction of sp³-hybridized carbons (Fsp3) is 0.185. The Labute approximate surface area is 203 Å². The summed E-state index contributed by atoms with van der Waals surface area (Å²) in [5.41, 5.74) is 3.70. The summed E-state index contributed by atoms with van der Waals surface area (Å²) in [4.78, 5) is 53.0. The minimum absolute atomic E-state index is 0.114. The normalized spacial score (nSPS) is 15.2. The highest BCUT2D eigenvalue weighted by atomic mass is 16.5. The van der Waals surface area contributed by atoms with Gasteiger partial charge in [0.05, 0.1) is 17.9 Å². The van der Waals surface area contributed by atoms with Crippen LogP contribution < -0.4 is 4.90 Å². The number of esters is 1. The number of aryl methyl sites for hydroxylation is 1. The van der Waals surface area contributed by atoms with Gasteiger partial charge in [0.15, 0.2) is 0 Å². The topological polar surface area (TPSA) is 88.9 Å². The number of rotatable bonds is 5. The Balaban J connectivity index is 1.76. The molecule has 0 saturated carbocycles. The number of imide groups is 2. The number of hydrogen-bond donors (Lipinski definition) is 0. The molecule has 0 N–H and O–H groups in total. The van der Waals surface area contributed by atoms with Crippen molar-refractivity contribution in [2.75, 3.05) is 18.6 Å². The van der Waals surface area contributed by atoms with Gasteiger partial charge in [0, 0.05) is 24.1 Å². The van der Waals surface area contributed by atoms with Crippen molar-refractivity contribution in [1.29, 1.82) is 0 Å². The van der Waals surface area contributed by atoms with Crippen LogP contribution in [0.5, 0.6) is 0 Å². The molecule has 178 valence electrons. The van der Waals surface area contributed by atoms with Gasteiger partial charge in [-0.25, -0.2) is 14.5 Å². The van der Waals surface area contributed by atoms with Crippen LogP contribution in [0.1, 0.15) is 34.2 Å². The van der Waals surface area contributed by atoms with Gasteiger partial charge in [-0.15, -0.1) is 0 Å². The second-order valence-corrected chi connectivity index (χ2v) is 8.11.